The Labute approximate surface area is 171 Å². The van der Waals surface area contributed by atoms with Crippen molar-refractivity contribution in [3.8, 4) is 5.75 Å². The molecule has 1 aliphatic heterocycles. The SMILES string of the molecule is CC(O)c1cc(=O)c(O)c2n1CCN(Cc1ccc(I)c(I)c1)C2=O. The number of nitrogens with zero attached hydrogens (tertiary/aromatic N) is 2. The third kappa shape index (κ3) is 3.56. The van der Waals surface area contributed by atoms with E-state index in [1.807, 2.05) is 18.2 Å². The Kier molecular flexibility index (Phi) is 5.40. The van der Waals surface area contributed by atoms with Gasteiger partial charge in [0.15, 0.2) is 11.4 Å². The predicted molar refractivity (Wildman–Crippen MR) is 110 cm³/mol. The van der Waals surface area contributed by atoms with Crippen LogP contribution >= 0.6 is 45.2 Å². The number of aromatic hydroxyl groups is 1. The number of rotatable bonds is 3. The molecule has 2 N–H and O–H groups in total. The molecule has 6 nitrogen and oxygen atoms in total. The van der Waals surface area contributed by atoms with Crippen LogP contribution < -0.4 is 5.43 Å². The number of fused-ring (bicyclic) bond motifs is 1. The van der Waals surface area contributed by atoms with E-state index in [0.29, 0.717) is 25.3 Å². The molecule has 2 heterocycles. The lowest BCUT2D eigenvalue weighted by Crippen LogP contribution is -2.42. The summed E-state index contributed by atoms with van der Waals surface area (Å²) in [5, 5.41) is 20.0. The van der Waals surface area contributed by atoms with Crippen LogP contribution in [0, 0.1) is 7.14 Å². The molecule has 0 radical (unpaired) electrons. The van der Waals surface area contributed by atoms with E-state index in [9.17, 15) is 19.8 Å². The Balaban J connectivity index is 1.98. The van der Waals surface area contributed by atoms with Crippen LogP contribution in [0.3, 0.4) is 0 Å². The molecule has 1 unspecified atom stereocenters. The van der Waals surface area contributed by atoms with Gasteiger partial charge in [0, 0.05) is 32.8 Å². The van der Waals surface area contributed by atoms with Crippen LogP contribution in [0.15, 0.2) is 29.1 Å². The number of aromatic nitrogens is 1. The summed E-state index contributed by atoms with van der Waals surface area (Å²) in [5.41, 5.74) is 0.630. The van der Waals surface area contributed by atoms with E-state index in [1.165, 1.54) is 17.6 Å². The summed E-state index contributed by atoms with van der Waals surface area (Å²) in [5.74, 6) is -0.965. The van der Waals surface area contributed by atoms with E-state index >= 15 is 0 Å². The van der Waals surface area contributed by atoms with Crippen molar-refractivity contribution < 1.29 is 15.0 Å². The van der Waals surface area contributed by atoms with Crippen molar-refractivity contribution in [3.63, 3.8) is 0 Å². The lowest BCUT2D eigenvalue weighted by molar-refractivity contribution is 0.0674. The van der Waals surface area contributed by atoms with Crippen molar-refractivity contribution in [1.82, 2.24) is 9.47 Å². The van der Waals surface area contributed by atoms with Gasteiger partial charge in [0.1, 0.15) is 0 Å². The summed E-state index contributed by atoms with van der Waals surface area (Å²) in [6.45, 7) is 2.79. The number of halogens is 2. The van der Waals surface area contributed by atoms with E-state index in [0.717, 1.165) is 12.7 Å². The highest BCUT2D eigenvalue weighted by molar-refractivity contribution is 14.1. The minimum atomic E-state index is -0.899. The standard InChI is InChI=1S/C17H16I2N2O4/c1-9(22)13-7-14(23)16(24)15-17(25)20(4-5-21(13)15)8-10-2-3-11(18)12(19)6-10/h2-3,6-7,9,22,24H,4-5,8H2,1H3. The van der Waals surface area contributed by atoms with E-state index in [2.05, 4.69) is 45.2 Å². The molecule has 25 heavy (non-hydrogen) atoms. The van der Waals surface area contributed by atoms with Crippen molar-refractivity contribution in [2.75, 3.05) is 6.54 Å². The molecule has 0 fully saturated rings. The Morgan fingerprint density at radius 1 is 1.16 bits per heavy atom. The fourth-order valence-electron chi connectivity index (χ4n) is 2.94. The molecule has 0 saturated heterocycles. The molecule has 0 spiro atoms. The minimum absolute atomic E-state index is 0.0464. The molecule has 0 bridgehead atoms. The average molecular weight is 566 g/mol. The summed E-state index contributed by atoms with van der Waals surface area (Å²) in [6, 6.07) is 7.16. The lowest BCUT2D eigenvalue weighted by Gasteiger charge is -2.32. The third-order valence-corrected chi connectivity index (χ3v) is 7.05. The van der Waals surface area contributed by atoms with Gasteiger partial charge < -0.3 is 19.7 Å². The van der Waals surface area contributed by atoms with E-state index in [-0.39, 0.29) is 5.69 Å². The molecule has 1 aromatic carbocycles. The Hall–Kier alpha value is -1.14. The molecule has 1 atom stereocenters. The Morgan fingerprint density at radius 3 is 2.52 bits per heavy atom. The fourth-order valence-corrected chi connectivity index (χ4v) is 3.85. The topological polar surface area (TPSA) is 82.8 Å². The average Bonchev–Trinajstić information content (AvgIpc) is 2.56. The van der Waals surface area contributed by atoms with Crippen LogP contribution in [0.4, 0.5) is 0 Å². The first-order chi connectivity index (χ1) is 11.8. The number of aliphatic hydroxyl groups is 1. The second kappa shape index (κ2) is 7.23. The first-order valence-corrected chi connectivity index (χ1v) is 9.83. The van der Waals surface area contributed by atoms with Gasteiger partial charge in [-0.3, -0.25) is 9.59 Å². The quantitative estimate of drug-likeness (QED) is 0.560. The van der Waals surface area contributed by atoms with Crippen molar-refractivity contribution in [2.24, 2.45) is 0 Å². The number of pyridine rings is 1. The van der Waals surface area contributed by atoms with E-state index in [1.54, 1.807) is 4.90 Å². The lowest BCUT2D eigenvalue weighted by atomic mass is 10.1. The van der Waals surface area contributed by atoms with Gasteiger partial charge in [-0.05, 0) is 69.8 Å². The molecule has 8 heteroatoms. The van der Waals surface area contributed by atoms with Gasteiger partial charge in [-0.2, -0.15) is 0 Å². The molecule has 0 saturated carbocycles. The van der Waals surface area contributed by atoms with Crippen molar-refractivity contribution in [3.05, 3.63) is 58.6 Å². The number of hydrogen-bond donors (Lipinski definition) is 2. The van der Waals surface area contributed by atoms with Crippen LogP contribution in [-0.2, 0) is 13.1 Å². The molecule has 1 aliphatic rings. The fraction of sp³-hybridized carbons (Fsp3) is 0.294. The zero-order chi connectivity index (χ0) is 18.3. The molecule has 1 aromatic heterocycles. The number of carbonyl (C=O) groups is 1. The van der Waals surface area contributed by atoms with E-state index in [4.69, 9.17) is 0 Å². The highest BCUT2D eigenvalue weighted by Gasteiger charge is 2.30. The molecular formula is C17H16I2N2O4. The zero-order valence-electron chi connectivity index (χ0n) is 13.4. The number of carbonyl (C=O) groups excluding carboxylic acids is 1. The summed E-state index contributed by atoms with van der Waals surface area (Å²) in [6.07, 6.45) is -0.899. The minimum Gasteiger partial charge on any atom is -0.503 e. The summed E-state index contributed by atoms with van der Waals surface area (Å²) in [7, 11) is 0. The second-order valence-corrected chi connectivity index (χ2v) is 8.26. The number of benzene rings is 1. The molecule has 132 valence electrons. The van der Waals surface area contributed by atoms with Gasteiger partial charge in [0.25, 0.3) is 5.91 Å². The molecule has 1 amide bonds. The van der Waals surface area contributed by atoms with Gasteiger partial charge in [-0.15, -0.1) is 0 Å². The van der Waals surface area contributed by atoms with Crippen molar-refractivity contribution in [1.29, 1.82) is 0 Å². The highest BCUT2D eigenvalue weighted by atomic mass is 127. The van der Waals surface area contributed by atoms with Crippen molar-refractivity contribution >= 4 is 51.1 Å². The smallest absolute Gasteiger partial charge is 0.274 e. The first-order valence-electron chi connectivity index (χ1n) is 7.67. The van der Waals surface area contributed by atoms with Gasteiger partial charge in [-0.25, -0.2) is 0 Å². The van der Waals surface area contributed by atoms with Gasteiger partial charge in [0.2, 0.25) is 5.43 Å². The van der Waals surface area contributed by atoms with E-state index < -0.39 is 23.2 Å². The highest BCUT2D eigenvalue weighted by Crippen LogP contribution is 2.26. The maximum Gasteiger partial charge on any atom is 0.274 e. The zero-order valence-corrected chi connectivity index (χ0v) is 17.7. The summed E-state index contributed by atoms with van der Waals surface area (Å²) < 4.78 is 3.79. The van der Waals surface area contributed by atoms with Gasteiger partial charge >= 0.3 is 0 Å². The van der Waals surface area contributed by atoms with Crippen molar-refractivity contribution in [2.45, 2.75) is 26.1 Å². The second-order valence-electron chi connectivity index (χ2n) is 5.93. The molecular weight excluding hydrogens is 550 g/mol. The van der Waals surface area contributed by atoms with Gasteiger partial charge in [-0.1, -0.05) is 6.07 Å². The maximum atomic E-state index is 12.8. The monoisotopic (exact) mass is 566 g/mol. The summed E-state index contributed by atoms with van der Waals surface area (Å²) in [4.78, 5) is 26.4. The number of hydrogen-bond acceptors (Lipinski definition) is 4. The van der Waals surface area contributed by atoms with Crippen LogP contribution in [0.2, 0.25) is 0 Å². The largest absolute Gasteiger partial charge is 0.503 e. The van der Waals surface area contributed by atoms with Crippen LogP contribution in [0.5, 0.6) is 5.75 Å². The maximum absolute atomic E-state index is 12.8. The van der Waals surface area contributed by atoms with Crippen LogP contribution in [-0.4, -0.2) is 32.1 Å². The predicted octanol–water partition coefficient (Wildman–Crippen LogP) is 2.47. The third-order valence-electron chi connectivity index (χ3n) is 4.19. The Morgan fingerprint density at radius 2 is 1.88 bits per heavy atom. The molecule has 3 rings (SSSR count). The number of aliphatic hydroxyl groups excluding tert-OH is 1. The molecule has 0 aliphatic carbocycles. The molecule has 2 aromatic rings. The van der Waals surface area contributed by atoms with Gasteiger partial charge in [0.05, 0.1) is 11.8 Å². The van der Waals surface area contributed by atoms with Crippen LogP contribution in [0.1, 0.15) is 34.8 Å². The normalized spacial score (nSPS) is 15.2. The first kappa shape index (κ1) is 18.6. The number of amides is 1. The van der Waals surface area contributed by atoms with Crippen LogP contribution in [0.25, 0.3) is 0 Å². The Bertz CT molecular complexity index is 908. The summed E-state index contributed by atoms with van der Waals surface area (Å²) >= 11 is 4.50.